The van der Waals surface area contributed by atoms with Crippen LogP contribution in [-0.4, -0.2) is 20.9 Å². The summed E-state index contributed by atoms with van der Waals surface area (Å²) >= 11 is 0. The average Bonchev–Trinajstić information content (AvgIpc) is 2.95. The van der Waals surface area contributed by atoms with Gasteiger partial charge in [0.25, 0.3) is 0 Å². The number of aryl methyl sites for hydroxylation is 1. The number of rotatable bonds is 6. The SMILES string of the molecule is CCC(=O)NC1(c2cn(CCC(C)C)nn2)CC1. The Labute approximate surface area is 108 Å². The van der Waals surface area contributed by atoms with Crippen LogP contribution in [0.5, 0.6) is 0 Å². The van der Waals surface area contributed by atoms with Crippen molar-refractivity contribution in [3.05, 3.63) is 11.9 Å². The van der Waals surface area contributed by atoms with Crippen LogP contribution in [0.1, 0.15) is 52.1 Å². The fourth-order valence-corrected chi connectivity index (χ4v) is 1.94. The molecule has 100 valence electrons. The van der Waals surface area contributed by atoms with Gasteiger partial charge >= 0.3 is 0 Å². The zero-order chi connectivity index (χ0) is 13.2. The summed E-state index contributed by atoms with van der Waals surface area (Å²) in [5.74, 6) is 0.747. The summed E-state index contributed by atoms with van der Waals surface area (Å²) in [6.45, 7) is 7.15. The molecule has 0 atom stereocenters. The van der Waals surface area contributed by atoms with Gasteiger partial charge in [-0.2, -0.15) is 0 Å². The highest BCUT2D eigenvalue weighted by atomic mass is 16.1. The fraction of sp³-hybridized carbons (Fsp3) is 0.769. The zero-order valence-electron chi connectivity index (χ0n) is 11.4. The van der Waals surface area contributed by atoms with Crippen LogP contribution in [0.2, 0.25) is 0 Å². The molecule has 0 unspecified atom stereocenters. The molecular weight excluding hydrogens is 228 g/mol. The maximum atomic E-state index is 11.5. The molecule has 1 heterocycles. The van der Waals surface area contributed by atoms with E-state index in [-0.39, 0.29) is 11.4 Å². The lowest BCUT2D eigenvalue weighted by Gasteiger charge is -2.13. The van der Waals surface area contributed by atoms with E-state index >= 15 is 0 Å². The molecule has 18 heavy (non-hydrogen) atoms. The molecule has 0 spiro atoms. The molecule has 0 bridgehead atoms. The van der Waals surface area contributed by atoms with E-state index in [1.54, 1.807) is 0 Å². The van der Waals surface area contributed by atoms with Gasteiger partial charge in [0, 0.05) is 13.0 Å². The summed E-state index contributed by atoms with van der Waals surface area (Å²) < 4.78 is 1.88. The monoisotopic (exact) mass is 250 g/mol. The Morgan fingerprint density at radius 2 is 2.28 bits per heavy atom. The van der Waals surface area contributed by atoms with E-state index in [0.717, 1.165) is 31.5 Å². The Kier molecular flexibility index (Phi) is 3.68. The predicted molar refractivity (Wildman–Crippen MR) is 68.8 cm³/mol. The van der Waals surface area contributed by atoms with Crippen LogP contribution in [0, 0.1) is 5.92 Å². The molecule has 5 heteroatoms. The van der Waals surface area contributed by atoms with Crippen molar-refractivity contribution < 1.29 is 4.79 Å². The molecule has 0 radical (unpaired) electrons. The van der Waals surface area contributed by atoms with Gasteiger partial charge < -0.3 is 5.32 Å². The van der Waals surface area contributed by atoms with E-state index in [1.807, 2.05) is 17.8 Å². The van der Waals surface area contributed by atoms with Crippen LogP contribution < -0.4 is 5.32 Å². The Morgan fingerprint density at radius 1 is 1.56 bits per heavy atom. The minimum atomic E-state index is -0.219. The van der Waals surface area contributed by atoms with E-state index in [9.17, 15) is 4.79 Å². The Hall–Kier alpha value is -1.39. The molecule has 0 aliphatic heterocycles. The molecular formula is C13H22N4O. The van der Waals surface area contributed by atoms with Crippen LogP contribution in [0.15, 0.2) is 6.20 Å². The fourth-order valence-electron chi connectivity index (χ4n) is 1.94. The molecule has 1 fully saturated rings. The first-order valence-corrected chi connectivity index (χ1v) is 6.77. The quantitative estimate of drug-likeness (QED) is 0.838. The van der Waals surface area contributed by atoms with E-state index < -0.39 is 0 Å². The molecule has 5 nitrogen and oxygen atoms in total. The second kappa shape index (κ2) is 5.08. The smallest absolute Gasteiger partial charge is 0.220 e. The molecule has 1 aromatic rings. The zero-order valence-corrected chi connectivity index (χ0v) is 11.4. The number of nitrogens with zero attached hydrogens (tertiary/aromatic N) is 3. The van der Waals surface area contributed by atoms with Crippen molar-refractivity contribution in [1.29, 1.82) is 0 Å². The molecule has 1 aliphatic carbocycles. The van der Waals surface area contributed by atoms with Crippen molar-refractivity contribution >= 4 is 5.91 Å². The van der Waals surface area contributed by atoms with Crippen molar-refractivity contribution in [2.75, 3.05) is 0 Å². The van der Waals surface area contributed by atoms with Gasteiger partial charge in [-0.25, -0.2) is 0 Å². The molecule has 1 aliphatic rings. The maximum absolute atomic E-state index is 11.5. The van der Waals surface area contributed by atoms with Crippen LogP contribution in [0.4, 0.5) is 0 Å². The highest BCUT2D eigenvalue weighted by Gasteiger charge is 2.47. The van der Waals surface area contributed by atoms with E-state index in [0.29, 0.717) is 12.3 Å². The van der Waals surface area contributed by atoms with Gasteiger partial charge in [0.05, 0.1) is 11.7 Å². The second-order valence-corrected chi connectivity index (χ2v) is 5.53. The van der Waals surface area contributed by atoms with Gasteiger partial charge in [0.1, 0.15) is 5.69 Å². The summed E-state index contributed by atoms with van der Waals surface area (Å²) in [6, 6.07) is 0. The molecule has 0 saturated heterocycles. The van der Waals surface area contributed by atoms with Gasteiger partial charge in [-0.1, -0.05) is 26.0 Å². The van der Waals surface area contributed by atoms with Crippen molar-refractivity contribution in [2.45, 2.75) is 58.5 Å². The number of amides is 1. The summed E-state index contributed by atoms with van der Waals surface area (Å²) in [4.78, 5) is 11.5. The number of hydrogen-bond donors (Lipinski definition) is 1. The lowest BCUT2D eigenvalue weighted by Crippen LogP contribution is -2.34. The van der Waals surface area contributed by atoms with Crippen LogP contribution >= 0.6 is 0 Å². The number of carbonyl (C=O) groups excluding carboxylic acids is 1. The topological polar surface area (TPSA) is 59.8 Å². The highest BCUT2D eigenvalue weighted by molar-refractivity contribution is 5.77. The largest absolute Gasteiger partial charge is 0.345 e. The number of carbonyl (C=O) groups is 1. The van der Waals surface area contributed by atoms with Crippen molar-refractivity contribution in [1.82, 2.24) is 20.3 Å². The molecule has 1 amide bonds. The number of hydrogen-bond acceptors (Lipinski definition) is 3. The molecule has 1 saturated carbocycles. The minimum Gasteiger partial charge on any atom is -0.345 e. The van der Waals surface area contributed by atoms with Crippen LogP contribution in [0.25, 0.3) is 0 Å². The van der Waals surface area contributed by atoms with Crippen LogP contribution in [0.3, 0.4) is 0 Å². The molecule has 0 aromatic carbocycles. The third-order valence-electron chi connectivity index (χ3n) is 3.41. The van der Waals surface area contributed by atoms with E-state index in [4.69, 9.17) is 0 Å². The normalized spacial score (nSPS) is 16.9. The van der Waals surface area contributed by atoms with Gasteiger partial charge in [0.2, 0.25) is 5.91 Å². The molecule has 1 aromatic heterocycles. The molecule has 2 rings (SSSR count). The first kappa shape index (κ1) is 13.1. The summed E-state index contributed by atoms with van der Waals surface area (Å²) in [6.07, 6.45) is 5.54. The Balaban J connectivity index is 1.99. The lowest BCUT2D eigenvalue weighted by molar-refractivity contribution is -0.121. The minimum absolute atomic E-state index is 0.0873. The van der Waals surface area contributed by atoms with E-state index in [2.05, 4.69) is 29.5 Å². The predicted octanol–water partition coefficient (Wildman–Crippen LogP) is 1.84. The Bertz CT molecular complexity index is 420. The Morgan fingerprint density at radius 3 is 2.83 bits per heavy atom. The van der Waals surface area contributed by atoms with Gasteiger partial charge in [-0.15, -0.1) is 5.10 Å². The van der Waals surface area contributed by atoms with Crippen molar-refractivity contribution in [3.63, 3.8) is 0 Å². The summed E-state index contributed by atoms with van der Waals surface area (Å²) in [7, 11) is 0. The second-order valence-electron chi connectivity index (χ2n) is 5.53. The third kappa shape index (κ3) is 2.89. The first-order chi connectivity index (χ1) is 8.55. The van der Waals surface area contributed by atoms with Gasteiger partial charge in [0.15, 0.2) is 0 Å². The average molecular weight is 250 g/mol. The summed E-state index contributed by atoms with van der Waals surface area (Å²) in [5.41, 5.74) is 0.691. The number of nitrogens with one attached hydrogen (secondary N) is 1. The highest BCUT2D eigenvalue weighted by Crippen LogP contribution is 2.44. The standard InChI is InChI=1S/C13H22N4O/c1-4-12(18)14-13(6-7-13)11-9-17(16-15-11)8-5-10(2)3/h9-10H,4-8H2,1-3H3,(H,14,18). The lowest BCUT2D eigenvalue weighted by atomic mass is 10.1. The third-order valence-corrected chi connectivity index (χ3v) is 3.41. The summed E-state index contributed by atoms with van der Waals surface area (Å²) in [5, 5.41) is 11.4. The maximum Gasteiger partial charge on any atom is 0.220 e. The van der Waals surface area contributed by atoms with Gasteiger partial charge in [-0.3, -0.25) is 9.48 Å². The van der Waals surface area contributed by atoms with Crippen LogP contribution in [-0.2, 0) is 16.9 Å². The number of aromatic nitrogens is 3. The molecule has 1 N–H and O–H groups in total. The van der Waals surface area contributed by atoms with E-state index in [1.165, 1.54) is 0 Å². The van der Waals surface area contributed by atoms with Crippen molar-refractivity contribution in [3.8, 4) is 0 Å². The van der Waals surface area contributed by atoms with Crippen molar-refractivity contribution in [2.24, 2.45) is 5.92 Å². The van der Waals surface area contributed by atoms with Gasteiger partial charge in [-0.05, 0) is 25.2 Å². The first-order valence-electron chi connectivity index (χ1n) is 6.77.